The average molecular weight is 425 g/mol. The first-order valence-electron chi connectivity index (χ1n) is 11.2. The minimum absolute atomic E-state index is 0.0121. The van der Waals surface area contributed by atoms with Crippen LogP contribution in [0.2, 0.25) is 0 Å². The fraction of sp³-hybridized carbons (Fsp3) is 0.480. The van der Waals surface area contributed by atoms with Crippen LogP contribution in [0.25, 0.3) is 0 Å². The maximum absolute atomic E-state index is 12.0. The van der Waals surface area contributed by atoms with E-state index in [9.17, 15) is 4.79 Å². The van der Waals surface area contributed by atoms with Gasteiger partial charge in [-0.1, -0.05) is 19.1 Å². The Hall–Kier alpha value is -2.89. The Balaban J connectivity index is 1.28. The predicted molar refractivity (Wildman–Crippen MR) is 121 cm³/mol. The van der Waals surface area contributed by atoms with Crippen molar-refractivity contribution >= 4 is 11.6 Å². The van der Waals surface area contributed by atoms with E-state index in [1.54, 1.807) is 7.11 Å². The van der Waals surface area contributed by atoms with Gasteiger partial charge in [0.15, 0.2) is 0 Å². The first kappa shape index (κ1) is 21.3. The van der Waals surface area contributed by atoms with E-state index in [0.29, 0.717) is 6.61 Å². The summed E-state index contributed by atoms with van der Waals surface area (Å²) in [5, 5.41) is 3.08. The molecule has 2 aliphatic rings. The van der Waals surface area contributed by atoms with Crippen LogP contribution in [0.5, 0.6) is 17.2 Å². The number of ether oxygens (including phenoxy) is 3. The number of anilines is 1. The fourth-order valence-electron chi connectivity index (χ4n) is 3.73. The summed E-state index contributed by atoms with van der Waals surface area (Å²) in [6.45, 7) is 6.42. The van der Waals surface area contributed by atoms with Crippen molar-refractivity contribution < 1.29 is 19.0 Å². The van der Waals surface area contributed by atoms with Gasteiger partial charge in [0.1, 0.15) is 23.4 Å². The van der Waals surface area contributed by atoms with E-state index in [0.717, 1.165) is 60.9 Å². The molecule has 6 nitrogen and oxygen atoms in total. The fourth-order valence-corrected chi connectivity index (χ4v) is 3.73. The molecule has 1 aliphatic carbocycles. The maximum Gasteiger partial charge on any atom is 0.223 e. The minimum Gasteiger partial charge on any atom is -0.494 e. The topological polar surface area (TPSA) is 60.0 Å². The zero-order valence-corrected chi connectivity index (χ0v) is 18.6. The second-order valence-corrected chi connectivity index (χ2v) is 8.40. The molecule has 1 saturated heterocycles. The van der Waals surface area contributed by atoms with Gasteiger partial charge in [-0.25, -0.2) is 0 Å². The van der Waals surface area contributed by atoms with Crippen molar-refractivity contribution in [2.75, 3.05) is 31.7 Å². The predicted octanol–water partition coefficient (Wildman–Crippen LogP) is 4.34. The van der Waals surface area contributed by atoms with Gasteiger partial charge in [0.2, 0.25) is 5.91 Å². The average Bonchev–Trinajstić information content (AvgIpc) is 3.60. The molecule has 1 amide bonds. The van der Waals surface area contributed by atoms with E-state index in [4.69, 9.17) is 14.2 Å². The molecule has 0 radical (unpaired) electrons. The van der Waals surface area contributed by atoms with Crippen molar-refractivity contribution in [3.63, 3.8) is 0 Å². The van der Waals surface area contributed by atoms with Gasteiger partial charge >= 0.3 is 0 Å². The number of carbonyl (C=O) groups excluding carboxylic acids is 1. The second kappa shape index (κ2) is 9.50. The number of methoxy groups -OCH3 is 1. The molecule has 31 heavy (non-hydrogen) atoms. The number of nitrogens with one attached hydrogen (secondary N) is 1. The first-order valence-corrected chi connectivity index (χ1v) is 11.2. The van der Waals surface area contributed by atoms with Crippen molar-refractivity contribution in [1.29, 1.82) is 0 Å². The minimum atomic E-state index is 0.0121. The lowest BCUT2D eigenvalue weighted by Gasteiger charge is -2.41. The molecule has 0 spiro atoms. The number of hydrogen-bond acceptors (Lipinski definition) is 5. The largest absolute Gasteiger partial charge is 0.494 e. The van der Waals surface area contributed by atoms with Crippen LogP contribution >= 0.6 is 0 Å². The standard InChI is InChI=1S/C25H32N2O4/c1-4-13-30-21-11-12-23(24(14-21)29-3)27-15-22(16-27)31-20-9-7-18(8-10-20)17(2)26-25(28)19-5-6-19/h7-12,14,17,19,22H,4-6,13,15-16H2,1-3H3,(H,26,28). The molecule has 1 aliphatic heterocycles. The summed E-state index contributed by atoms with van der Waals surface area (Å²) in [7, 11) is 1.69. The molecule has 166 valence electrons. The lowest BCUT2D eigenvalue weighted by atomic mass is 10.1. The summed E-state index contributed by atoms with van der Waals surface area (Å²) < 4.78 is 17.4. The molecule has 6 heteroatoms. The molecular weight excluding hydrogens is 392 g/mol. The van der Waals surface area contributed by atoms with Crippen molar-refractivity contribution in [1.82, 2.24) is 5.32 Å². The molecule has 4 rings (SSSR count). The van der Waals surface area contributed by atoms with Crippen LogP contribution in [0.4, 0.5) is 5.69 Å². The summed E-state index contributed by atoms with van der Waals surface area (Å²) >= 11 is 0. The highest BCUT2D eigenvalue weighted by Gasteiger charge is 2.31. The van der Waals surface area contributed by atoms with Crippen LogP contribution in [0.1, 0.15) is 44.7 Å². The summed E-state index contributed by atoms with van der Waals surface area (Å²) in [5.41, 5.74) is 2.15. The lowest BCUT2D eigenvalue weighted by molar-refractivity contribution is -0.122. The van der Waals surface area contributed by atoms with Gasteiger partial charge in [-0.05, 0) is 56.0 Å². The van der Waals surface area contributed by atoms with Crippen LogP contribution in [0.15, 0.2) is 42.5 Å². The number of amides is 1. The van der Waals surface area contributed by atoms with Crippen molar-refractivity contribution in [2.45, 2.75) is 45.3 Å². The highest BCUT2D eigenvalue weighted by molar-refractivity contribution is 5.81. The monoisotopic (exact) mass is 424 g/mol. The van der Waals surface area contributed by atoms with Crippen LogP contribution in [-0.4, -0.2) is 38.8 Å². The Morgan fingerprint density at radius 2 is 1.84 bits per heavy atom. The molecular formula is C25H32N2O4. The Labute approximate surface area is 184 Å². The van der Waals surface area contributed by atoms with Gasteiger partial charge in [0, 0.05) is 12.0 Å². The third-order valence-electron chi connectivity index (χ3n) is 5.80. The highest BCUT2D eigenvalue weighted by Crippen LogP contribution is 2.35. The van der Waals surface area contributed by atoms with E-state index >= 15 is 0 Å². The quantitative estimate of drug-likeness (QED) is 0.615. The zero-order valence-electron chi connectivity index (χ0n) is 18.6. The van der Waals surface area contributed by atoms with Crippen molar-refractivity contribution in [3.05, 3.63) is 48.0 Å². The van der Waals surface area contributed by atoms with Crippen LogP contribution in [0.3, 0.4) is 0 Å². The molecule has 2 fully saturated rings. The first-order chi connectivity index (χ1) is 15.1. The third-order valence-corrected chi connectivity index (χ3v) is 5.80. The summed E-state index contributed by atoms with van der Waals surface area (Å²) in [6, 6.07) is 14.0. The molecule has 1 atom stereocenters. The molecule has 1 N–H and O–H groups in total. The summed E-state index contributed by atoms with van der Waals surface area (Å²) in [4.78, 5) is 14.2. The summed E-state index contributed by atoms with van der Waals surface area (Å²) in [5.74, 6) is 2.90. The second-order valence-electron chi connectivity index (χ2n) is 8.40. The molecule has 0 bridgehead atoms. The molecule has 1 unspecified atom stereocenters. The molecule has 1 saturated carbocycles. The summed E-state index contributed by atoms with van der Waals surface area (Å²) in [6.07, 6.45) is 3.15. The smallest absolute Gasteiger partial charge is 0.223 e. The van der Waals surface area contributed by atoms with E-state index in [-0.39, 0.29) is 24.0 Å². The van der Waals surface area contributed by atoms with Crippen molar-refractivity contribution in [2.24, 2.45) is 5.92 Å². The number of benzene rings is 2. The van der Waals surface area contributed by atoms with E-state index in [1.165, 1.54) is 0 Å². The SMILES string of the molecule is CCCOc1ccc(N2CC(Oc3ccc(C(C)NC(=O)C4CC4)cc3)C2)c(OC)c1. The van der Waals surface area contributed by atoms with Gasteiger partial charge < -0.3 is 24.4 Å². The Kier molecular flexibility index (Phi) is 6.54. The number of carbonyl (C=O) groups is 1. The van der Waals surface area contributed by atoms with Gasteiger partial charge in [-0.3, -0.25) is 4.79 Å². The van der Waals surface area contributed by atoms with Crippen molar-refractivity contribution in [3.8, 4) is 17.2 Å². The van der Waals surface area contributed by atoms with Gasteiger partial charge in [0.05, 0.1) is 38.5 Å². The Morgan fingerprint density at radius 1 is 1.13 bits per heavy atom. The van der Waals surface area contributed by atoms with Gasteiger partial charge in [-0.2, -0.15) is 0 Å². The molecule has 1 heterocycles. The number of hydrogen-bond donors (Lipinski definition) is 1. The molecule has 2 aromatic rings. The third kappa shape index (κ3) is 5.24. The number of rotatable bonds is 10. The van der Waals surface area contributed by atoms with E-state index < -0.39 is 0 Å². The Bertz CT molecular complexity index is 889. The number of nitrogens with zero attached hydrogens (tertiary/aromatic N) is 1. The van der Waals surface area contributed by atoms with Crippen LogP contribution in [0, 0.1) is 5.92 Å². The highest BCUT2D eigenvalue weighted by atomic mass is 16.5. The Morgan fingerprint density at radius 3 is 2.48 bits per heavy atom. The van der Waals surface area contributed by atoms with Crippen LogP contribution < -0.4 is 24.4 Å². The van der Waals surface area contributed by atoms with Gasteiger partial charge in [-0.15, -0.1) is 0 Å². The van der Waals surface area contributed by atoms with Crippen LogP contribution in [-0.2, 0) is 4.79 Å². The van der Waals surface area contributed by atoms with E-state index in [1.807, 2.05) is 49.4 Å². The normalized spacial score (nSPS) is 16.9. The molecule has 2 aromatic carbocycles. The zero-order chi connectivity index (χ0) is 21.8. The van der Waals surface area contributed by atoms with Gasteiger partial charge in [0.25, 0.3) is 0 Å². The lowest BCUT2D eigenvalue weighted by Crippen LogP contribution is -2.54. The molecule has 0 aromatic heterocycles. The van der Waals surface area contributed by atoms with E-state index in [2.05, 4.69) is 17.1 Å². The maximum atomic E-state index is 12.0.